The van der Waals surface area contributed by atoms with E-state index in [1.807, 2.05) is 13.0 Å². The summed E-state index contributed by atoms with van der Waals surface area (Å²) in [6.07, 6.45) is 12.4. The standard InChI is InChI=1S/C27H33F3O/c1-3-5-11-31-22-14-21-15-23(28)25(27(30)26(21)24(29)16-22)20-10-9-18-12-17(6-4-2)7-8-19(18)13-20/h3,5,14-20H,4,6-13H2,1-2H3/b5-3+. The van der Waals surface area contributed by atoms with Crippen molar-refractivity contribution >= 4 is 10.8 Å². The van der Waals surface area contributed by atoms with Gasteiger partial charge in [-0.05, 0) is 80.2 Å². The van der Waals surface area contributed by atoms with Gasteiger partial charge in [-0.15, -0.1) is 0 Å². The lowest BCUT2D eigenvalue weighted by Crippen LogP contribution is -2.31. The number of halogens is 3. The highest BCUT2D eigenvalue weighted by atomic mass is 19.1. The van der Waals surface area contributed by atoms with E-state index in [9.17, 15) is 4.39 Å². The Bertz CT molecular complexity index is 951. The topological polar surface area (TPSA) is 9.23 Å². The van der Waals surface area contributed by atoms with E-state index in [4.69, 9.17) is 4.74 Å². The Labute approximate surface area is 183 Å². The molecular weight excluding hydrogens is 397 g/mol. The fourth-order valence-electron chi connectivity index (χ4n) is 6.02. The molecule has 1 nitrogen and oxygen atoms in total. The molecule has 2 aliphatic rings. The number of rotatable bonds is 6. The monoisotopic (exact) mass is 430 g/mol. The second kappa shape index (κ2) is 9.67. The lowest BCUT2D eigenvalue weighted by molar-refractivity contribution is 0.112. The Morgan fingerprint density at radius 2 is 1.74 bits per heavy atom. The lowest BCUT2D eigenvalue weighted by atomic mass is 9.63. The van der Waals surface area contributed by atoms with Crippen LogP contribution in [0.5, 0.6) is 5.75 Å². The van der Waals surface area contributed by atoms with E-state index >= 15 is 8.78 Å². The molecule has 2 aromatic carbocycles. The van der Waals surface area contributed by atoms with Crippen LogP contribution < -0.4 is 4.74 Å². The summed E-state index contributed by atoms with van der Waals surface area (Å²) in [5.41, 5.74) is 0.0862. The minimum atomic E-state index is -0.726. The Kier molecular flexibility index (Phi) is 6.93. The molecule has 0 spiro atoms. The van der Waals surface area contributed by atoms with Crippen molar-refractivity contribution in [3.8, 4) is 5.75 Å². The third-order valence-corrected chi connectivity index (χ3v) is 7.50. The van der Waals surface area contributed by atoms with Gasteiger partial charge in [-0.2, -0.15) is 0 Å². The molecule has 2 aliphatic carbocycles. The Hall–Kier alpha value is -1.97. The van der Waals surface area contributed by atoms with Gasteiger partial charge in [0.2, 0.25) is 0 Å². The molecule has 2 saturated carbocycles. The molecule has 0 N–H and O–H groups in total. The molecule has 0 radical (unpaired) electrons. The summed E-state index contributed by atoms with van der Waals surface area (Å²) in [7, 11) is 0. The minimum Gasteiger partial charge on any atom is -0.489 e. The SMILES string of the molecule is C/C=C/COc1cc(F)c2c(F)c(C3CCC4CC(CCC)CCC4C3)c(F)cc2c1. The van der Waals surface area contributed by atoms with Crippen molar-refractivity contribution in [1.82, 2.24) is 0 Å². The van der Waals surface area contributed by atoms with Gasteiger partial charge in [0.25, 0.3) is 0 Å². The van der Waals surface area contributed by atoms with E-state index in [0.29, 0.717) is 11.8 Å². The van der Waals surface area contributed by atoms with E-state index in [1.54, 1.807) is 6.08 Å². The molecule has 4 heteroatoms. The van der Waals surface area contributed by atoms with Gasteiger partial charge in [-0.25, -0.2) is 13.2 Å². The van der Waals surface area contributed by atoms with Gasteiger partial charge in [0.1, 0.15) is 29.8 Å². The molecule has 168 valence electrons. The molecular formula is C27H33F3O. The predicted molar refractivity (Wildman–Crippen MR) is 120 cm³/mol. The van der Waals surface area contributed by atoms with E-state index in [2.05, 4.69) is 6.92 Å². The van der Waals surface area contributed by atoms with Crippen molar-refractivity contribution in [3.63, 3.8) is 0 Å². The van der Waals surface area contributed by atoms with Crippen LogP contribution in [0.15, 0.2) is 30.4 Å². The van der Waals surface area contributed by atoms with Crippen molar-refractivity contribution in [3.05, 3.63) is 53.4 Å². The summed E-state index contributed by atoms with van der Waals surface area (Å²) < 4.78 is 50.9. The van der Waals surface area contributed by atoms with Gasteiger partial charge in [-0.1, -0.05) is 38.3 Å². The zero-order chi connectivity index (χ0) is 22.0. The van der Waals surface area contributed by atoms with Crippen LogP contribution in [0.1, 0.15) is 76.7 Å². The largest absolute Gasteiger partial charge is 0.489 e. The molecule has 4 rings (SSSR count). The van der Waals surface area contributed by atoms with Crippen LogP contribution in [0.4, 0.5) is 13.2 Å². The Morgan fingerprint density at radius 3 is 2.52 bits per heavy atom. The zero-order valence-electron chi connectivity index (χ0n) is 18.6. The molecule has 2 aromatic rings. The zero-order valence-corrected chi connectivity index (χ0v) is 18.6. The maximum Gasteiger partial charge on any atom is 0.140 e. The molecule has 2 fully saturated rings. The van der Waals surface area contributed by atoms with E-state index in [-0.39, 0.29) is 34.6 Å². The fourth-order valence-corrected chi connectivity index (χ4v) is 6.02. The van der Waals surface area contributed by atoms with Gasteiger partial charge in [0.15, 0.2) is 0 Å². The van der Waals surface area contributed by atoms with Crippen molar-refractivity contribution < 1.29 is 17.9 Å². The van der Waals surface area contributed by atoms with Crippen molar-refractivity contribution in [2.24, 2.45) is 17.8 Å². The third kappa shape index (κ3) is 4.63. The molecule has 0 saturated heterocycles. The number of hydrogen-bond donors (Lipinski definition) is 0. The molecule has 0 aliphatic heterocycles. The normalized spacial score (nSPS) is 26.4. The van der Waals surface area contributed by atoms with Gasteiger partial charge < -0.3 is 4.74 Å². The number of ether oxygens (including phenoxy) is 1. The summed E-state index contributed by atoms with van der Waals surface area (Å²) >= 11 is 0. The van der Waals surface area contributed by atoms with Crippen molar-refractivity contribution in [1.29, 1.82) is 0 Å². The minimum absolute atomic E-state index is 0.0862. The molecule has 4 unspecified atom stereocenters. The first-order valence-electron chi connectivity index (χ1n) is 11.9. The highest BCUT2D eigenvalue weighted by Gasteiger charge is 2.37. The summed E-state index contributed by atoms with van der Waals surface area (Å²) in [6, 6.07) is 4.00. The third-order valence-electron chi connectivity index (χ3n) is 7.50. The number of fused-ring (bicyclic) bond motifs is 2. The van der Waals surface area contributed by atoms with Crippen LogP contribution in [-0.4, -0.2) is 6.61 Å². The maximum absolute atomic E-state index is 15.5. The molecule has 0 amide bonds. The van der Waals surface area contributed by atoms with Gasteiger partial charge in [0.05, 0.1) is 5.39 Å². The van der Waals surface area contributed by atoms with Crippen molar-refractivity contribution in [2.75, 3.05) is 6.61 Å². The quantitative estimate of drug-likeness (QED) is 0.419. The highest BCUT2D eigenvalue weighted by molar-refractivity contribution is 5.86. The first-order valence-corrected chi connectivity index (χ1v) is 11.9. The molecule has 0 bridgehead atoms. The second-order valence-electron chi connectivity index (χ2n) is 9.47. The summed E-state index contributed by atoms with van der Waals surface area (Å²) in [6.45, 7) is 4.39. The van der Waals surface area contributed by atoms with Crippen LogP contribution in [0.3, 0.4) is 0 Å². The molecule has 0 heterocycles. The van der Waals surface area contributed by atoms with Gasteiger partial charge >= 0.3 is 0 Å². The summed E-state index contributed by atoms with van der Waals surface area (Å²) in [4.78, 5) is 0. The van der Waals surface area contributed by atoms with Crippen LogP contribution in [-0.2, 0) is 0 Å². The summed E-state index contributed by atoms with van der Waals surface area (Å²) in [5, 5.41) is 0.0894. The number of allylic oxidation sites excluding steroid dienone is 1. The maximum atomic E-state index is 15.5. The molecule has 4 atom stereocenters. The van der Waals surface area contributed by atoms with Crippen LogP contribution >= 0.6 is 0 Å². The predicted octanol–water partition coefficient (Wildman–Crippen LogP) is 8.31. The Morgan fingerprint density at radius 1 is 0.968 bits per heavy atom. The van der Waals surface area contributed by atoms with Crippen LogP contribution in [0.2, 0.25) is 0 Å². The lowest BCUT2D eigenvalue weighted by Gasteiger charge is -2.42. The van der Waals surface area contributed by atoms with E-state index in [0.717, 1.165) is 31.6 Å². The summed E-state index contributed by atoms with van der Waals surface area (Å²) in [5.74, 6) is 0.164. The van der Waals surface area contributed by atoms with Crippen LogP contribution in [0.25, 0.3) is 10.8 Å². The average Bonchev–Trinajstić information content (AvgIpc) is 2.73. The average molecular weight is 431 g/mol. The second-order valence-corrected chi connectivity index (χ2v) is 9.47. The highest BCUT2D eigenvalue weighted by Crippen LogP contribution is 2.49. The number of benzene rings is 2. The van der Waals surface area contributed by atoms with Gasteiger partial charge in [0, 0.05) is 11.6 Å². The smallest absolute Gasteiger partial charge is 0.140 e. The van der Waals surface area contributed by atoms with E-state index < -0.39 is 17.5 Å². The van der Waals surface area contributed by atoms with Crippen LogP contribution in [0, 0.1) is 35.2 Å². The molecule has 0 aromatic heterocycles. The van der Waals surface area contributed by atoms with Gasteiger partial charge in [-0.3, -0.25) is 0 Å². The first kappa shape index (κ1) is 22.2. The molecule has 31 heavy (non-hydrogen) atoms. The van der Waals surface area contributed by atoms with E-state index in [1.165, 1.54) is 43.9 Å². The first-order chi connectivity index (χ1) is 15.0. The number of hydrogen-bond acceptors (Lipinski definition) is 1. The Balaban J connectivity index is 1.58. The van der Waals surface area contributed by atoms with Crippen molar-refractivity contribution in [2.45, 2.75) is 71.1 Å². The fraction of sp³-hybridized carbons (Fsp3) is 0.556.